The van der Waals surface area contributed by atoms with Crippen molar-refractivity contribution in [1.29, 1.82) is 0 Å². The Morgan fingerprint density at radius 2 is 2.00 bits per heavy atom. The average molecular weight is 438 g/mol. The minimum Gasteiger partial charge on any atom is -0.394 e. The molecule has 0 saturated carbocycles. The molecule has 11 heteroatoms. The first kappa shape index (κ1) is 22.2. The number of aromatic nitrogens is 2. The number of ether oxygens (including phenoxy) is 1. The fourth-order valence-corrected chi connectivity index (χ4v) is 4.27. The largest absolute Gasteiger partial charge is 0.394 e. The van der Waals surface area contributed by atoms with Crippen LogP contribution in [0, 0.1) is 5.82 Å². The number of nitrogens with one attached hydrogen (secondary N) is 2. The van der Waals surface area contributed by atoms with Crippen molar-refractivity contribution in [2.45, 2.75) is 42.4 Å². The van der Waals surface area contributed by atoms with Gasteiger partial charge in [-0.1, -0.05) is 0 Å². The molecule has 9 nitrogen and oxygen atoms in total. The highest BCUT2D eigenvalue weighted by molar-refractivity contribution is 7.89. The Morgan fingerprint density at radius 1 is 1.23 bits per heavy atom. The second-order valence-corrected chi connectivity index (χ2v) is 8.63. The molecule has 3 rings (SSSR count). The van der Waals surface area contributed by atoms with Gasteiger partial charge in [0.2, 0.25) is 10.0 Å². The molecule has 3 atom stereocenters. The Balaban J connectivity index is 1.49. The Morgan fingerprint density at radius 3 is 2.67 bits per heavy atom. The predicted octanol–water partition coefficient (Wildman–Crippen LogP) is 0.623. The number of hydrogen-bond donors (Lipinski definition) is 3. The molecule has 0 radical (unpaired) electrons. The third-order valence-electron chi connectivity index (χ3n) is 4.79. The van der Waals surface area contributed by atoms with Gasteiger partial charge in [-0.25, -0.2) is 22.5 Å². The van der Waals surface area contributed by atoms with Crippen molar-refractivity contribution < 1.29 is 27.4 Å². The standard InChI is InChI=1S/C19H23FN4O5S/c20-13-1-4-15(5-2-13)30(27,28)23-8-7-14-3-6-16(18(12-25)29-14)24-19(26)17-11-21-9-10-22-17/h1-2,4-5,9-11,14,16,18,23,25H,3,6-8,12H2,(H,24,26)/t14-,16-,18-/m0/s1. The fourth-order valence-electron chi connectivity index (χ4n) is 3.22. The van der Waals surface area contributed by atoms with Crippen LogP contribution in [0.5, 0.6) is 0 Å². The summed E-state index contributed by atoms with van der Waals surface area (Å²) in [7, 11) is -3.75. The molecule has 2 heterocycles. The Bertz CT molecular complexity index is 943. The first-order valence-electron chi connectivity index (χ1n) is 9.47. The number of carbonyl (C=O) groups excluding carboxylic acids is 1. The molecular weight excluding hydrogens is 415 g/mol. The molecule has 1 saturated heterocycles. The van der Waals surface area contributed by atoms with Gasteiger partial charge in [0.15, 0.2) is 0 Å². The quantitative estimate of drug-likeness (QED) is 0.551. The SMILES string of the molecule is O=C(N[C@H]1CC[C@@H](CCNS(=O)(=O)c2ccc(F)cc2)O[C@H]1CO)c1cnccn1. The molecule has 2 aromatic rings. The van der Waals surface area contributed by atoms with E-state index in [1.165, 1.54) is 30.7 Å². The molecule has 162 valence electrons. The zero-order valence-corrected chi connectivity index (χ0v) is 16.9. The van der Waals surface area contributed by atoms with E-state index in [1.807, 2.05) is 0 Å². The van der Waals surface area contributed by atoms with Gasteiger partial charge in [-0.05, 0) is 43.5 Å². The average Bonchev–Trinajstić information content (AvgIpc) is 2.75. The molecular formula is C19H23FN4O5S. The van der Waals surface area contributed by atoms with Gasteiger partial charge in [0.25, 0.3) is 5.91 Å². The van der Waals surface area contributed by atoms with Crippen molar-refractivity contribution in [2.24, 2.45) is 0 Å². The van der Waals surface area contributed by atoms with Crippen LogP contribution < -0.4 is 10.0 Å². The minimum absolute atomic E-state index is 0.0199. The van der Waals surface area contributed by atoms with E-state index in [0.717, 1.165) is 12.1 Å². The number of rotatable bonds is 8. The normalized spacial score (nSPS) is 21.9. The molecule has 0 unspecified atom stereocenters. The molecule has 0 bridgehead atoms. The third kappa shape index (κ3) is 5.79. The monoisotopic (exact) mass is 438 g/mol. The highest BCUT2D eigenvalue weighted by Crippen LogP contribution is 2.22. The summed E-state index contributed by atoms with van der Waals surface area (Å²) in [6.07, 6.45) is 4.88. The Labute approximate surface area is 173 Å². The van der Waals surface area contributed by atoms with Gasteiger partial charge in [-0.15, -0.1) is 0 Å². The smallest absolute Gasteiger partial charge is 0.271 e. The number of sulfonamides is 1. The summed E-state index contributed by atoms with van der Waals surface area (Å²) >= 11 is 0. The van der Waals surface area contributed by atoms with E-state index >= 15 is 0 Å². The summed E-state index contributed by atoms with van der Waals surface area (Å²) < 4.78 is 45.7. The van der Waals surface area contributed by atoms with Crippen LogP contribution in [0.15, 0.2) is 47.8 Å². The van der Waals surface area contributed by atoms with E-state index < -0.39 is 33.9 Å². The third-order valence-corrected chi connectivity index (χ3v) is 6.27. The number of carbonyl (C=O) groups is 1. The molecule has 3 N–H and O–H groups in total. The van der Waals surface area contributed by atoms with Crippen molar-refractivity contribution in [1.82, 2.24) is 20.0 Å². The molecule has 1 aromatic carbocycles. The second kappa shape index (κ2) is 10.0. The zero-order chi connectivity index (χ0) is 21.6. The minimum atomic E-state index is -3.75. The number of hydrogen-bond acceptors (Lipinski definition) is 7. The van der Waals surface area contributed by atoms with Gasteiger partial charge in [-0.2, -0.15) is 0 Å². The van der Waals surface area contributed by atoms with E-state index in [9.17, 15) is 22.7 Å². The molecule has 1 aliphatic heterocycles. The molecule has 0 aliphatic carbocycles. The number of nitrogens with zero attached hydrogens (tertiary/aromatic N) is 2. The maximum absolute atomic E-state index is 13.0. The zero-order valence-electron chi connectivity index (χ0n) is 16.1. The van der Waals surface area contributed by atoms with E-state index in [0.29, 0.717) is 19.3 Å². The van der Waals surface area contributed by atoms with E-state index in [2.05, 4.69) is 20.0 Å². The number of aliphatic hydroxyl groups excluding tert-OH is 1. The van der Waals surface area contributed by atoms with Gasteiger partial charge in [0.1, 0.15) is 17.6 Å². The van der Waals surface area contributed by atoms with Crippen LogP contribution in [0.3, 0.4) is 0 Å². The van der Waals surface area contributed by atoms with Crippen LogP contribution >= 0.6 is 0 Å². The van der Waals surface area contributed by atoms with Gasteiger partial charge < -0.3 is 15.2 Å². The second-order valence-electron chi connectivity index (χ2n) is 6.87. The van der Waals surface area contributed by atoms with Crippen molar-refractivity contribution in [3.63, 3.8) is 0 Å². The Hall–Kier alpha value is -2.47. The van der Waals surface area contributed by atoms with Crippen LogP contribution in [-0.2, 0) is 14.8 Å². The Kier molecular flexibility index (Phi) is 7.43. The molecule has 1 aliphatic rings. The molecule has 0 spiro atoms. The van der Waals surface area contributed by atoms with Gasteiger partial charge in [0.05, 0.1) is 29.8 Å². The van der Waals surface area contributed by atoms with Crippen molar-refractivity contribution in [2.75, 3.05) is 13.2 Å². The number of halogens is 1. The molecule has 1 aromatic heterocycles. The maximum atomic E-state index is 13.0. The van der Waals surface area contributed by atoms with Gasteiger partial charge in [0, 0.05) is 18.9 Å². The number of benzene rings is 1. The molecule has 1 fully saturated rings. The van der Waals surface area contributed by atoms with Crippen molar-refractivity contribution in [3.8, 4) is 0 Å². The summed E-state index contributed by atoms with van der Waals surface area (Å²) in [4.78, 5) is 20.0. The van der Waals surface area contributed by atoms with Crippen LogP contribution in [-0.4, -0.2) is 60.8 Å². The lowest BCUT2D eigenvalue weighted by atomic mass is 9.97. The van der Waals surface area contributed by atoms with E-state index in [-0.39, 0.29) is 29.8 Å². The van der Waals surface area contributed by atoms with Crippen molar-refractivity contribution in [3.05, 3.63) is 54.4 Å². The lowest BCUT2D eigenvalue weighted by Crippen LogP contribution is -2.51. The molecule has 30 heavy (non-hydrogen) atoms. The summed E-state index contributed by atoms with van der Waals surface area (Å²) in [6, 6.07) is 4.17. The maximum Gasteiger partial charge on any atom is 0.271 e. The summed E-state index contributed by atoms with van der Waals surface area (Å²) in [6.45, 7) is -0.164. The number of amides is 1. The van der Waals surface area contributed by atoms with Gasteiger partial charge >= 0.3 is 0 Å². The summed E-state index contributed by atoms with van der Waals surface area (Å²) in [5.41, 5.74) is 0.173. The van der Waals surface area contributed by atoms with Crippen LogP contribution in [0.1, 0.15) is 29.8 Å². The highest BCUT2D eigenvalue weighted by Gasteiger charge is 2.32. The predicted molar refractivity (Wildman–Crippen MR) is 104 cm³/mol. The van der Waals surface area contributed by atoms with Crippen molar-refractivity contribution >= 4 is 15.9 Å². The molecule has 1 amide bonds. The van der Waals surface area contributed by atoms with Gasteiger partial charge in [-0.3, -0.25) is 9.78 Å². The van der Waals surface area contributed by atoms with Crippen LogP contribution in [0.25, 0.3) is 0 Å². The lowest BCUT2D eigenvalue weighted by molar-refractivity contribution is -0.0891. The van der Waals surface area contributed by atoms with Crippen LogP contribution in [0.4, 0.5) is 4.39 Å². The van der Waals surface area contributed by atoms with E-state index in [4.69, 9.17) is 4.74 Å². The number of aliphatic hydroxyl groups is 1. The van der Waals surface area contributed by atoms with Crippen LogP contribution in [0.2, 0.25) is 0 Å². The highest BCUT2D eigenvalue weighted by atomic mass is 32.2. The summed E-state index contributed by atoms with van der Waals surface area (Å²) in [5, 5.41) is 12.4. The lowest BCUT2D eigenvalue weighted by Gasteiger charge is -2.36. The first-order chi connectivity index (χ1) is 14.4. The summed E-state index contributed by atoms with van der Waals surface area (Å²) in [5.74, 6) is -0.916. The fraction of sp³-hybridized carbons (Fsp3) is 0.421. The van der Waals surface area contributed by atoms with E-state index in [1.54, 1.807) is 0 Å². The first-order valence-corrected chi connectivity index (χ1v) is 11.0. The topological polar surface area (TPSA) is 131 Å².